The molecule has 5 nitrogen and oxygen atoms in total. The molecule has 0 atom stereocenters. The van der Waals surface area contributed by atoms with Crippen molar-refractivity contribution in [1.29, 1.82) is 0 Å². The number of halogens is 2. The molecule has 0 spiro atoms. The maximum Gasteiger partial charge on any atom is 0.388 e. The van der Waals surface area contributed by atoms with Crippen LogP contribution in [0.4, 0.5) is 8.78 Å². The fraction of sp³-hybridized carbons (Fsp3) is 0.250. The van der Waals surface area contributed by atoms with Gasteiger partial charge in [-0.25, -0.2) is 9.67 Å². The number of hydrogen-bond donors (Lipinski definition) is 0. The molecular weight excluding hydrogens is 206 g/mol. The van der Waals surface area contributed by atoms with Gasteiger partial charge in [-0.2, -0.15) is 8.78 Å². The number of imidazole rings is 1. The van der Waals surface area contributed by atoms with E-state index in [1.807, 2.05) is 0 Å². The van der Waals surface area contributed by atoms with Crippen molar-refractivity contribution in [2.24, 2.45) is 7.05 Å². The molecule has 0 aromatic carbocycles. The Labute approximate surface area is 83.9 Å². The first kappa shape index (κ1) is 9.63. The van der Waals surface area contributed by atoms with E-state index < -0.39 is 6.61 Å². The zero-order valence-electron chi connectivity index (χ0n) is 7.84. The van der Waals surface area contributed by atoms with E-state index in [0.29, 0.717) is 5.82 Å². The van der Waals surface area contributed by atoms with Crippen LogP contribution in [0.1, 0.15) is 0 Å². The third-order valence-electron chi connectivity index (χ3n) is 1.81. The average Bonchev–Trinajstić information content (AvgIpc) is 2.72. The molecule has 0 unspecified atom stereocenters. The van der Waals surface area contributed by atoms with Crippen LogP contribution in [-0.4, -0.2) is 25.9 Å². The number of alkyl halides is 2. The summed E-state index contributed by atoms with van der Waals surface area (Å²) in [5.74, 6) is 0.486. The van der Waals surface area contributed by atoms with Gasteiger partial charge in [0.25, 0.3) is 0 Å². The van der Waals surface area contributed by atoms with Crippen molar-refractivity contribution in [2.75, 3.05) is 0 Å². The first-order chi connectivity index (χ1) is 7.16. The number of hydrogen-bond acceptors (Lipinski definition) is 3. The summed E-state index contributed by atoms with van der Waals surface area (Å²) in [6.45, 7) is -2.87. The Morgan fingerprint density at radius 1 is 1.47 bits per heavy atom. The molecule has 0 saturated carbocycles. The fourth-order valence-electron chi connectivity index (χ4n) is 1.22. The molecule has 2 aromatic heterocycles. The summed E-state index contributed by atoms with van der Waals surface area (Å²) in [7, 11) is 1.63. The second-order valence-electron chi connectivity index (χ2n) is 2.81. The highest BCUT2D eigenvalue weighted by molar-refractivity contribution is 5.28. The third-order valence-corrected chi connectivity index (χ3v) is 1.81. The molecule has 0 saturated heterocycles. The van der Waals surface area contributed by atoms with Gasteiger partial charge in [0.2, 0.25) is 5.88 Å². The normalized spacial score (nSPS) is 10.9. The summed E-state index contributed by atoms with van der Waals surface area (Å²) in [5, 5.41) is 3.77. The molecule has 0 radical (unpaired) electrons. The molecule has 0 amide bonds. The van der Waals surface area contributed by atoms with Crippen LogP contribution in [0.5, 0.6) is 5.88 Å². The zero-order valence-corrected chi connectivity index (χ0v) is 7.84. The van der Waals surface area contributed by atoms with Gasteiger partial charge in [0.1, 0.15) is 12.1 Å². The van der Waals surface area contributed by atoms with Gasteiger partial charge >= 0.3 is 6.61 Å². The van der Waals surface area contributed by atoms with Crippen molar-refractivity contribution in [3.05, 3.63) is 24.8 Å². The number of rotatable bonds is 3. The smallest absolute Gasteiger partial charge is 0.388 e. The highest BCUT2D eigenvalue weighted by Gasteiger charge is 2.11. The molecule has 0 fully saturated rings. The SMILES string of the molecule is Cn1nc(OC(F)F)cc1-n1ccnc1. The lowest BCUT2D eigenvalue weighted by molar-refractivity contribution is -0.0531. The standard InChI is InChI=1S/C8H8F2N4O/c1-13-7(14-3-2-11-5-14)4-6(12-13)15-8(9)10/h2-5,8H,1H3. The van der Waals surface area contributed by atoms with Crippen LogP contribution < -0.4 is 4.74 Å². The van der Waals surface area contributed by atoms with Crippen LogP contribution in [0.15, 0.2) is 24.8 Å². The van der Waals surface area contributed by atoms with E-state index in [-0.39, 0.29) is 5.88 Å². The minimum atomic E-state index is -2.87. The van der Waals surface area contributed by atoms with Crippen molar-refractivity contribution >= 4 is 0 Å². The Morgan fingerprint density at radius 3 is 2.87 bits per heavy atom. The molecule has 2 aromatic rings. The minimum Gasteiger partial charge on any atom is -0.415 e. The first-order valence-corrected chi connectivity index (χ1v) is 4.14. The predicted octanol–water partition coefficient (Wildman–Crippen LogP) is 1.21. The van der Waals surface area contributed by atoms with Crippen molar-refractivity contribution in [3.63, 3.8) is 0 Å². The molecular formula is C8H8F2N4O. The van der Waals surface area contributed by atoms with Crippen LogP contribution in [0, 0.1) is 0 Å². The summed E-state index contributed by atoms with van der Waals surface area (Å²) in [6.07, 6.45) is 4.81. The molecule has 0 aliphatic carbocycles. The van der Waals surface area contributed by atoms with E-state index in [1.165, 1.54) is 10.7 Å². The van der Waals surface area contributed by atoms with Crippen LogP contribution in [0.3, 0.4) is 0 Å². The van der Waals surface area contributed by atoms with Crippen LogP contribution in [-0.2, 0) is 7.05 Å². The summed E-state index contributed by atoms with van der Waals surface area (Å²) in [6, 6.07) is 1.41. The first-order valence-electron chi connectivity index (χ1n) is 4.14. The Balaban J connectivity index is 2.30. The highest BCUT2D eigenvalue weighted by atomic mass is 19.3. The van der Waals surface area contributed by atoms with Gasteiger partial charge in [-0.3, -0.25) is 4.57 Å². The maximum atomic E-state index is 11.9. The number of nitrogens with zero attached hydrogens (tertiary/aromatic N) is 4. The molecule has 15 heavy (non-hydrogen) atoms. The third kappa shape index (κ3) is 1.95. The van der Waals surface area contributed by atoms with Crippen molar-refractivity contribution in [1.82, 2.24) is 19.3 Å². The predicted molar refractivity (Wildman–Crippen MR) is 47.0 cm³/mol. The minimum absolute atomic E-state index is 0.115. The molecule has 2 rings (SSSR count). The molecule has 7 heteroatoms. The van der Waals surface area contributed by atoms with Gasteiger partial charge in [0, 0.05) is 25.5 Å². The van der Waals surface area contributed by atoms with Crippen molar-refractivity contribution < 1.29 is 13.5 Å². The van der Waals surface area contributed by atoms with Crippen LogP contribution in [0.2, 0.25) is 0 Å². The van der Waals surface area contributed by atoms with E-state index in [0.717, 1.165) is 0 Å². The lowest BCUT2D eigenvalue weighted by Gasteiger charge is -1.99. The molecule has 80 valence electrons. The molecule has 0 bridgehead atoms. The van der Waals surface area contributed by atoms with E-state index in [1.54, 1.807) is 30.3 Å². The quantitative estimate of drug-likeness (QED) is 0.771. The maximum absolute atomic E-state index is 11.9. The van der Waals surface area contributed by atoms with Crippen LogP contribution in [0.25, 0.3) is 5.82 Å². The van der Waals surface area contributed by atoms with Gasteiger partial charge < -0.3 is 4.74 Å². The number of aryl methyl sites for hydroxylation is 1. The van der Waals surface area contributed by atoms with Crippen molar-refractivity contribution in [3.8, 4) is 11.7 Å². The number of ether oxygens (including phenoxy) is 1. The van der Waals surface area contributed by atoms with Crippen LogP contribution >= 0.6 is 0 Å². The molecule has 2 heterocycles. The summed E-state index contributed by atoms with van der Waals surface area (Å²) in [4.78, 5) is 3.84. The van der Waals surface area contributed by atoms with Gasteiger partial charge in [-0.1, -0.05) is 0 Å². The summed E-state index contributed by atoms with van der Waals surface area (Å²) < 4.78 is 31.1. The van der Waals surface area contributed by atoms with Gasteiger partial charge in [-0.05, 0) is 0 Å². The number of aromatic nitrogens is 4. The topological polar surface area (TPSA) is 44.9 Å². The molecule has 0 aliphatic heterocycles. The monoisotopic (exact) mass is 214 g/mol. The second-order valence-corrected chi connectivity index (χ2v) is 2.81. The Bertz CT molecular complexity index is 437. The Hall–Kier alpha value is -1.92. The summed E-state index contributed by atoms with van der Waals surface area (Å²) >= 11 is 0. The summed E-state index contributed by atoms with van der Waals surface area (Å²) in [5.41, 5.74) is 0. The van der Waals surface area contributed by atoms with E-state index >= 15 is 0 Å². The largest absolute Gasteiger partial charge is 0.415 e. The van der Waals surface area contributed by atoms with Gasteiger partial charge in [-0.15, -0.1) is 5.10 Å². The lowest BCUT2D eigenvalue weighted by atomic mass is 10.6. The van der Waals surface area contributed by atoms with E-state index in [9.17, 15) is 8.78 Å². The second kappa shape index (κ2) is 3.68. The van der Waals surface area contributed by atoms with Gasteiger partial charge in [0.15, 0.2) is 0 Å². The molecule has 0 N–H and O–H groups in total. The Kier molecular flexibility index (Phi) is 2.36. The Morgan fingerprint density at radius 2 is 2.27 bits per heavy atom. The zero-order chi connectivity index (χ0) is 10.8. The fourth-order valence-corrected chi connectivity index (χ4v) is 1.22. The average molecular weight is 214 g/mol. The molecule has 0 aliphatic rings. The van der Waals surface area contributed by atoms with E-state index in [2.05, 4.69) is 14.8 Å². The van der Waals surface area contributed by atoms with E-state index in [4.69, 9.17) is 0 Å². The lowest BCUT2D eigenvalue weighted by Crippen LogP contribution is -2.03. The van der Waals surface area contributed by atoms with Crippen molar-refractivity contribution in [2.45, 2.75) is 6.61 Å². The highest BCUT2D eigenvalue weighted by Crippen LogP contribution is 2.16. The van der Waals surface area contributed by atoms with Gasteiger partial charge in [0.05, 0.1) is 0 Å².